The summed E-state index contributed by atoms with van der Waals surface area (Å²) < 4.78 is 30.4. The van der Waals surface area contributed by atoms with E-state index in [0.717, 1.165) is 11.2 Å². The molecule has 0 aromatic heterocycles. The van der Waals surface area contributed by atoms with Crippen LogP contribution in [-0.4, -0.2) is 71.8 Å². The number of carbonyl (C=O) groups is 2. The van der Waals surface area contributed by atoms with Crippen molar-refractivity contribution in [2.45, 2.75) is 38.5 Å². The molecule has 9 heteroatoms. The number of amides is 1. The summed E-state index contributed by atoms with van der Waals surface area (Å²) in [6.45, 7) is 6.89. The maximum Gasteiger partial charge on any atom is 0.410 e. The lowest BCUT2D eigenvalue weighted by molar-refractivity contribution is -0.136. The van der Waals surface area contributed by atoms with Crippen LogP contribution in [0.1, 0.15) is 27.7 Å². The van der Waals surface area contributed by atoms with Gasteiger partial charge in [-0.1, -0.05) is 0 Å². The molecule has 1 amide bonds. The number of carbonyl (C=O) groups excluding carboxylic acids is 1. The van der Waals surface area contributed by atoms with Gasteiger partial charge < -0.3 is 14.7 Å². The topological polar surface area (TPSA) is 104 Å². The predicted octanol–water partition coefficient (Wildman–Crippen LogP) is 0.342. The van der Waals surface area contributed by atoms with Gasteiger partial charge in [0.1, 0.15) is 5.60 Å². The third-order valence-electron chi connectivity index (χ3n) is 3.04. The highest BCUT2D eigenvalue weighted by Gasteiger charge is 2.37. The van der Waals surface area contributed by atoms with Gasteiger partial charge in [0.25, 0.3) is 0 Å². The van der Waals surface area contributed by atoms with Gasteiger partial charge >= 0.3 is 12.1 Å². The van der Waals surface area contributed by atoms with Gasteiger partial charge in [0.05, 0.1) is 0 Å². The van der Waals surface area contributed by atoms with Crippen molar-refractivity contribution in [3.8, 4) is 0 Å². The smallest absolute Gasteiger partial charge is 0.410 e. The fourth-order valence-electron chi connectivity index (χ4n) is 1.80. The fraction of sp³-hybridized carbons (Fsp3) is 0.833. The largest absolute Gasteiger partial charge is 0.480 e. The van der Waals surface area contributed by atoms with Gasteiger partial charge in [-0.15, -0.1) is 0 Å². The Balaban J connectivity index is 2.64. The van der Waals surface area contributed by atoms with Gasteiger partial charge in [-0.3, -0.25) is 4.79 Å². The van der Waals surface area contributed by atoms with Crippen LogP contribution in [-0.2, 0) is 19.6 Å². The maximum atomic E-state index is 12.0. The second-order valence-electron chi connectivity index (χ2n) is 5.89. The van der Waals surface area contributed by atoms with E-state index in [4.69, 9.17) is 9.84 Å². The first-order valence-electron chi connectivity index (χ1n) is 6.65. The van der Waals surface area contributed by atoms with Crippen molar-refractivity contribution in [2.75, 3.05) is 26.2 Å². The monoisotopic (exact) mass is 322 g/mol. The van der Waals surface area contributed by atoms with Gasteiger partial charge in [0.2, 0.25) is 10.0 Å². The van der Waals surface area contributed by atoms with E-state index in [2.05, 4.69) is 0 Å². The van der Waals surface area contributed by atoms with E-state index in [-0.39, 0.29) is 26.2 Å². The van der Waals surface area contributed by atoms with E-state index < -0.39 is 32.9 Å². The number of carboxylic acid groups (broad SMARTS) is 1. The summed E-state index contributed by atoms with van der Waals surface area (Å²) in [6, 6.07) is 0. The molecule has 1 unspecified atom stereocenters. The summed E-state index contributed by atoms with van der Waals surface area (Å²) in [4.78, 5) is 24.1. The Morgan fingerprint density at radius 1 is 1.14 bits per heavy atom. The standard InChI is InChI=1S/C12H22N2O6S/c1-9(10(15)16)21(18,19)14-7-5-13(6-8-14)11(17)20-12(2,3)4/h9H,5-8H2,1-4H3,(H,15,16). The number of piperazine rings is 1. The highest BCUT2D eigenvalue weighted by atomic mass is 32.2. The summed E-state index contributed by atoms with van der Waals surface area (Å²) in [5, 5.41) is 7.33. The Morgan fingerprint density at radius 2 is 1.62 bits per heavy atom. The second-order valence-corrected chi connectivity index (χ2v) is 8.15. The average Bonchev–Trinajstić information content (AvgIpc) is 2.35. The van der Waals surface area contributed by atoms with Crippen LogP contribution >= 0.6 is 0 Å². The second kappa shape index (κ2) is 6.18. The minimum absolute atomic E-state index is 0.0686. The van der Waals surface area contributed by atoms with Crippen molar-refractivity contribution in [1.82, 2.24) is 9.21 Å². The molecular weight excluding hydrogens is 300 g/mol. The molecule has 0 aromatic rings. The number of aliphatic carboxylic acids is 1. The van der Waals surface area contributed by atoms with Gasteiger partial charge in [0, 0.05) is 26.2 Å². The van der Waals surface area contributed by atoms with Gasteiger partial charge in [-0.2, -0.15) is 4.31 Å². The van der Waals surface area contributed by atoms with E-state index in [1.54, 1.807) is 20.8 Å². The van der Waals surface area contributed by atoms with E-state index in [1.807, 2.05) is 0 Å². The van der Waals surface area contributed by atoms with Crippen LogP contribution in [0, 0.1) is 0 Å². The normalized spacial score (nSPS) is 19.1. The highest BCUT2D eigenvalue weighted by Crippen LogP contribution is 2.15. The Bertz CT molecular complexity index is 502. The minimum Gasteiger partial charge on any atom is -0.480 e. The average molecular weight is 322 g/mol. The molecule has 122 valence electrons. The number of carboxylic acids is 1. The van der Waals surface area contributed by atoms with Crippen molar-refractivity contribution in [3.63, 3.8) is 0 Å². The molecule has 1 N–H and O–H groups in total. The van der Waals surface area contributed by atoms with Gasteiger partial charge in [0.15, 0.2) is 5.25 Å². The lowest BCUT2D eigenvalue weighted by atomic mass is 10.2. The van der Waals surface area contributed by atoms with Gasteiger partial charge in [-0.05, 0) is 27.7 Å². The molecule has 0 aliphatic carbocycles. The van der Waals surface area contributed by atoms with Crippen LogP contribution in [0.2, 0.25) is 0 Å². The predicted molar refractivity (Wildman–Crippen MR) is 75.4 cm³/mol. The zero-order valence-corrected chi connectivity index (χ0v) is 13.5. The fourth-order valence-corrected chi connectivity index (χ4v) is 3.18. The molecule has 0 spiro atoms. The molecule has 1 rings (SSSR count). The summed E-state index contributed by atoms with van der Waals surface area (Å²) >= 11 is 0. The molecule has 21 heavy (non-hydrogen) atoms. The number of hydrogen-bond acceptors (Lipinski definition) is 5. The van der Waals surface area contributed by atoms with Crippen LogP contribution in [0.4, 0.5) is 4.79 Å². The van der Waals surface area contributed by atoms with Crippen molar-refractivity contribution >= 4 is 22.1 Å². The molecule has 0 radical (unpaired) electrons. The third-order valence-corrected chi connectivity index (χ3v) is 5.22. The molecule has 1 atom stereocenters. The number of rotatable bonds is 3. The van der Waals surface area contributed by atoms with E-state index in [1.165, 1.54) is 4.90 Å². The quantitative estimate of drug-likeness (QED) is 0.803. The maximum absolute atomic E-state index is 12.0. The van der Waals surface area contributed by atoms with Crippen LogP contribution in [0.25, 0.3) is 0 Å². The zero-order valence-electron chi connectivity index (χ0n) is 12.7. The molecule has 0 aromatic carbocycles. The van der Waals surface area contributed by atoms with Crippen molar-refractivity contribution in [2.24, 2.45) is 0 Å². The first-order chi connectivity index (χ1) is 9.45. The lowest BCUT2D eigenvalue weighted by Gasteiger charge is -2.35. The third kappa shape index (κ3) is 4.57. The van der Waals surface area contributed by atoms with Crippen molar-refractivity contribution < 1.29 is 27.9 Å². The number of ether oxygens (including phenoxy) is 1. The summed E-state index contributed by atoms with van der Waals surface area (Å²) in [7, 11) is -3.89. The molecule has 1 aliphatic heterocycles. The Morgan fingerprint density at radius 3 is 2.00 bits per heavy atom. The Hall–Kier alpha value is -1.35. The molecule has 1 fully saturated rings. The number of hydrogen-bond donors (Lipinski definition) is 1. The van der Waals surface area contributed by atoms with E-state index in [9.17, 15) is 18.0 Å². The molecule has 8 nitrogen and oxygen atoms in total. The van der Waals surface area contributed by atoms with E-state index >= 15 is 0 Å². The van der Waals surface area contributed by atoms with Crippen LogP contribution in [0.15, 0.2) is 0 Å². The van der Waals surface area contributed by atoms with E-state index in [0.29, 0.717) is 0 Å². The molecule has 1 aliphatic rings. The molecule has 0 bridgehead atoms. The minimum atomic E-state index is -3.89. The molecular formula is C12H22N2O6S. The first kappa shape index (κ1) is 17.7. The Labute approximate surface area is 124 Å². The summed E-state index contributed by atoms with van der Waals surface area (Å²) in [5.41, 5.74) is -0.613. The van der Waals surface area contributed by atoms with Gasteiger partial charge in [-0.25, -0.2) is 13.2 Å². The Kier molecular flexibility index (Phi) is 5.21. The summed E-state index contributed by atoms with van der Waals surface area (Å²) in [6.07, 6.45) is -0.495. The highest BCUT2D eigenvalue weighted by molar-refractivity contribution is 7.90. The molecule has 1 saturated heterocycles. The van der Waals surface area contributed by atoms with Crippen molar-refractivity contribution in [3.05, 3.63) is 0 Å². The lowest BCUT2D eigenvalue weighted by Crippen LogP contribution is -2.53. The zero-order chi connectivity index (χ0) is 16.4. The van der Waals surface area contributed by atoms with Crippen LogP contribution in [0.3, 0.4) is 0 Å². The number of sulfonamides is 1. The van der Waals surface area contributed by atoms with Crippen LogP contribution in [0.5, 0.6) is 0 Å². The van der Waals surface area contributed by atoms with Crippen molar-refractivity contribution in [1.29, 1.82) is 0 Å². The first-order valence-corrected chi connectivity index (χ1v) is 8.15. The molecule has 1 heterocycles. The molecule has 0 saturated carbocycles. The number of nitrogens with zero attached hydrogens (tertiary/aromatic N) is 2. The SMILES string of the molecule is CC(C(=O)O)S(=O)(=O)N1CCN(C(=O)OC(C)(C)C)CC1. The van der Waals surface area contributed by atoms with Crippen LogP contribution < -0.4 is 0 Å². The summed E-state index contributed by atoms with van der Waals surface area (Å²) in [5.74, 6) is -1.38.